The van der Waals surface area contributed by atoms with Crippen LogP contribution >= 0.6 is 0 Å². The third-order valence-electron chi connectivity index (χ3n) is 3.74. The van der Waals surface area contributed by atoms with Gasteiger partial charge in [-0.3, -0.25) is 0 Å². The van der Waals surface area contributed by atoms with Crippen molar-refractivity contribution < 1.29 is 9.90 Å². The van der Waals surface area contributed by atoms with Crippen LogP contribution in [-0.4, -0.2) is 15.6 Å². The van der Waals surface area contributed by atoms with Gasteiger partial charge in [-0.05, 0) is 42.5 Å². The summed E-state index contributed by atoms with van der Waals surface area (Å²) in [5.74, 6) is -0.830. The molecule has 0 spiro atoms. The number of rotatable bonds is 6. The number of hydrogen-bond acceptors (Lipinski definition) is 1. The molecule has 2 rings (SSSR count). The fraction of sp³-hybridized carbons (Fsp3) is 0.471. The summed E-state index contributed by atoms with van der Waals surface area (Å²) in [6.07, 6.45) is 6.08. The normalized spacial score (nSPS) is 11.2. The summed E-state index contributed by atoms with van der Waals surface area (Å²) >= 11 is 0. The second kappa shape index (κ2) is 6.12. The summed E-state index contributed by atoms with van der Waals surface area (Å²) in [6, 6.07) is 3.99. The first-order chi connectivity index (χ1) is 9.62. The van der Waals surface area contributed by atoms with Crippen molar-refractivity contribution >= 4 is 16.9 Å². The molecule has 0 fully saturated rings. The highest BCUT2D eigenvalue weighted by Crippen LogP contribution is 2.28. The van der Waals surface area contributed by atoms with Gasteiger partial charge in [0.05, 0.1) is 11.1 Å². The summed E-state index contributed by atoms with van der Waals surface area (Å²) in [6.45, 7) is 7.21. The van der Waals surface area contributed by atoms with Crippen molar-refractivity contribution in [2.24, 2.45) is 0 Å². The van der Waals surface area contributed by atoms with E-state index in [1.165, 1.54) is 5.56 Å². The zero-order valence-corrected chi connectivity index (χ0v) is 12.6. The minimum Gasteiger partial charge on any atom is -0.478 e. The number of fused-ring (bicyclic) bond motifs is 1. The molecule has 108 valence electrons. The monoisotopic (exact) mass is 273 g/mol. The van der Waals surface area contributed by atoms with Crippen LogP contribution in [0.5, 0.6) is 0 Å². The summed E-state index contributed by atoms with van der Waals surface area (Å²) in [5.41, 5.74) is 3.70. The summed E-state index contributed by atoms with van der Waals surface area (Å²) in [7, 11) is 0. The Balaban J connectivity index is 2.77. The van der Waals surface area contributed by atoms with Gasteiger partial charge >= 0.3 is 5.97 Å². The lowest BCUT2D eigenvalue weighted by Crippen LogP contribution is -2.04. The van der Waals surface area contributed by atoms with Crippen LogP contribution in [0.25, 0.3) is 10.9 Å². The molecule has 0 atom stereocenters. The molecular weight excluding hydrogens is 250 g/mol. The van der Waals surface area contributed by atoms with Gasteiger partial charge < -0.3 is 9.67 Å². The second-order valence-electron chi connectivity index (χ2n) is 5.30. The Bertz CT molecular complexity index is 625. The van der Waals surface area contributed by atoms with E-state index in [0.717, 1.165) is 48.7 Å². The van der Waals surface area contributed by atoms with Gasteiger partial charge in [0.25, 0.3) is 0 Å². The summed E-state index contributed by atoms with van der Waals surface area (Å²) < 4.78 is 2.11. The van der Waals surface area contributed by atoms with E-state index in [0.29, 0.717) is 5.56 Å². The Morgan fingerprint density at radius 2 is 1.95 bits per heavy atom. The molecule has 0 saturated heterocycles. The lowest BCUT2D eigenvalue weighted by Gasteiger charge is -2.08. The molecule has 1 heterocycles. The van der Waals surface area contributed by atoms with Gasteiger partial charge in [0.2, 0.25) is 0 Å². The number of hydrogen-bond donors (Lipinski definition) is 1. The van der Waals surface area contributed by atoms with Gasteiger partial charge in [0, 0.05) is 18.1 Å². The number of carboxylic acid groups (broad SMARTS) is 1. The molecule has 3 nitrogen and oxygen atoms in total. The Kier molecular flexibility index (Phi) is 4.48. The molecule has 0 amide bonds. The number of aromatic nitrogens is 1. The zero-order valence-electron chi connectivity index (χ0n) is 12.6. The van der Waals surface area contributed by atoms with Crippen LogP contribution in [0.3, 0.4) is 0 Å². The number of benzene rings is 1. The molecule has 20 heavy (non-hydrogen) atoms. The second-order valence-corrected chi connectivity index (χ2v) is 5.30. The first-order valence-corrected chi connectivity index (χ1v) is 7.50. The maximum atomic E-state index is 11.6. The van der Waals surface area contributed by atoms with E-state index >= 15 is 0 Å². The molecule has 0 radical (unpaired) electrons. The van der Waals surface area contributed by atoms with E-state index in [4.69, 9.17) is 0 Å². The molecule has 0 aliphatic heterocycles. The third-order valence-corrected chi connectivity index (χ3v) is 3.74. The molecule has 3 heteroatoms. The molecule has 0 aliphatic rings. The lowest BCUT2D eigenvalue weighted by atomic mass is 10.0. The third kappa shape index (κ3) is 2.58. The summed E-state index contributed by atoms with van der Waals surface area (Å²) in [4.78, 5) is 11.6. The van der Waals surface area contributed by atoms with Crippen LogP contribution in [0.15, 0.2) is 18.3 Å². The maximum Gasteiger partial charge on any atom is 0.337 e. The first-order valence-electron chi connectivity index (χ1n) is 7.50. The molecule has 1 aromatic heterocycles. The number of nitrogens with zero attached hydrogens (tertiary/aromatic N) is 1. The van der Waals surface area contributed by atoms with Crippen molar-refractivity contribution in [3.63, 3.8) is 0 Å². The Hall–Kier alpha value is -1.77. The van der Waals surface area contributed by atoms with E-state index < -0.39 is 5.97 Å². The van der Waals surface area contributed by atoms with E-state index in [1.54, 1.807) is 0 Å². The predicted molar refractivity (Wildman–Crippen MR) is 82.6 cm³/mol. The molecule has 1 aromatic carbocycles. The van der Waals surface area contributed by atoms with E-state index in [1.807, 2.05) is 6.07 Å². The number of aryl methyl sites for hydroxylation is 3. The van der Waals surface area contributed by atoms with Crippen LogP contribution < -0.4 is 0 Å². The molecule has 0 unspecified atom stereocenters. The van der Waals surface area contributed by atoms with Crippen molar-refractivity contribution in [3.05, 3.63) is 35.0 Å². The standard InChI is InChI=1S/C17H23NO2/c1-4-7-13-11-18(8-5-2)16-14(13)9-12(6-3)10-15(16)17(19)20/h9-11H,4-8H2,1-3H3,(H,19,20). The van der Waals surface area contributed by atoms with Crippen molar-refractivity contribution in [2.45, 2.75) is 53.0 Å². The van der Waals surface area contributed by atoms with Crippen LogP contribution in [0, 0.1) is 0 Å². The van der Waals surface area contributed by atoms with Crippen molar-refractivity contribution in [3.8, 4) is 0 Å². The van der Waals surface area contributed by atoms with Gasteiger partial charge in [-0.25, -0.2) is 4.79 Å². The molecule has 0 saturated carbocycles. The highest BCUT2D eigenvalue weighted by molar-refractivity contribution is 6.03. The highest BCUT2D eigenvalue weighted by Gasteiger charge is 2.17. The molecule has 0 aliphatic carbocycles. The van der Waals surface area contributed by atoms with Crippen molar-refractivity contribution in [1.82, 2.24) is 4.57 Å². The SMILES string of the molecule is CCCc1cn(CCC)c2c(C(=O)O)cc(CC)cc12. The highest BCUT2D eigenvalue weighted by atomic mass is 16.4. The average molecular weight is 273 g/mol. The molecule has 2 aromatic rings. The Morgan fingerprint density at radius 1 is 1.20 bits per heavy atom. The van der Waals surface area contributed by atoms with Gasteiger partial charge in [0.15, 0.2) is 0 Å². The fourth-order valence-corrected chi connectivity index (χ4v) is 2.82. The van der Waals surface area contributed by atoms with Gasteiger partial charge in [0.1, 0.15) is 0 Å². The van der Waals surface area contributed by atoms with E-state index in [-0.39, 0.29) is 0 Å². The lowest BCUT2D eigenvalue weighted by molar-refractivity contribution is 0.0698. The molecule has 1 N–H and O–H groups in total. The Morgan fingerprint density at radius 3 is 2.50 bits per heavy atom. The molecule has 0 bridgehead atoms. The van der Waals surface area contributed by atoms with Crippen LogP contribution in [-0.2, 0) is 19.4 Å². The molecular formula is C17H23NO2. The quantitative estimate of drug-likeness (QED) is 0.854. The predicted octanol–water partition coefficient (Wildman–Crippen LogP) is 4.26. The summed E-state index contributed by atoms with van der Waals surface area (Å²) in [5, 5.41) is 10.6. The van der Waals surface area contributed by atoms with E-state index in [9.17, 15) is 9.90 Å². The fourth-order valence-electron chi connectivity index (χ4n) is 2.82. The minimum atomic E-state index is -0.830. The van der Waals surface area contributed by atoms with Gasteiger partial charge in [-0.1, -0.05) is 27.2 Å². The average Bonchev–Trinajstić information content (AvgIpc) is 2.77. The largest absolute Gasteiger partial charge is 0.478 e. The van der Waals surface area contributed by atoms with Crippen LogP contribution in [0.4, 0.5) is 0 Å². The van der Waals surface area contributed by atoms with Gasteiger partial charge in [-0.2, -0.15) is 0 Å². The number of carboxylic acids is 1. The first kappa shape index (κ1) is 14.6. The van der Waals surface area contributed by atoms with Crippen molar-refractivity contribution in [1.29, 1.82) is 0 Å². The maximum absolute atomic E-state index is 11.6. The number of aromatic carboxylic acids is 1. The van der Waals surface area contributed by atoms with Crippen LogP contribution in [0.2, 0.25) is 0 Å². The minimum absolute atomic E-state index is 0.440. The van der Waals surface area contributed by atoms with Crippen molar-refractivity contribution in [2.75, 3.05) is 0 Å². The van der Waals surface area contributed by atoms with Crippen LogP contribution in [0.1, 0.15) is 55.1 Å². The van der Waals surface area contributed by atoms with Gasteiger partial charge in [-0.15, -0.1) is 0 Å². The number of carbonyl (C=O) groups is 1. The smallest absolute Gasteiger partial charge is 0.337 e. The topological polar surface area (TPSA) is 42.2 Å². The van der Waals surface area contributed by atoms with E-state index in [2.05, 4.69) is 37.6 Å². The zero-order chi connectivity index (χ0) is 14.7. The Labute approximate surface area is 120 Å².